The van der Waals surface area contributed by atoms with Crippen molar-refractivity contribution in [3.05, 3.63) is 0 Å². The van der Waals surface area contributed by atoms with Crippen molar-refractivity contribution in [3.63, 3.8) is 0 Å². The zero-order valence-corrected chi connectivity index (χ0v) is 17.2. The van der Waals surface area contributed by atoms with Crippen molar-refractivity contribution in [2.24, 2.45) is 16.7 Å². The van der Waals surface area contributed by atoms with Crippen LogP contribution in [0.2, 0.25) is 0 Å². The molecular formula is C20H36N4O2. The third-order valence-corrected chi connectivity index (χ3v) is 7.16. The van der Waals surface area contributed by atoms with E-state index in [1.807, 2.05) is 32.8 Å². The molecule has 3 rings (SSSR count). The van der Waals surface area contributed by atoms with Gasteiger partial charge in [-0.1, -0.05) is 6.92 Å². The van der Waals surface area contributed by atoms with Crippen molar-refractivity contribution in [2.45, 2.75) is 52.5 Å². The molecule has 1 spiro atoms. The van der Waals surface area contributed by atoms with E-state index in [4.69, 9.17) is 0 Å². The van der Waals surface area contributed by atoms with Crippen LogP contribution in [0.5, 0.6) is 0 Å². The number of likely N-dealkylation sites (tertiary alicyclic amines) is 2. The Morgan fingerprint density at radius 3 is 2.35 bits per heavy atom. The molecule has 0 aromatic carbocycles. The molecule has 2 atom stereocenters. The molecule has 2 aliphatic heterocycles. The lowest BCUT2D eigenvalue weighted by molar-refractivity contribution is -0.141. The summed E-state index contributed by atoms with van der Waals surface area (Å²) in [6, 6.07) is 0.230. The summed E-state index contributed by atoms with van der Waals surface area (Å²) in [6.07, 6.45) is 4.20. The maximum Gasteiger partial charge on any atom is 0.317 e. The summed E-state index contributed by atoms with van der Waals surface area (Å²) < 4.78 is 0. The summed E-state index contributed by atoms with van der Waals surface area (Å²) in [7, 11) is 3.79. The molecule has 0 bridgehead atoms. The number of carbonyl (C=O) groups excluding carboxylic acids is 2. The maximum atomic E-state index is 13.2. The fraction of sp³-hybridized carbons (Fsp3) is 0.900. The Hall–Kier alpha value is -1.30. The van der Waals surface area contributed by atoms with Gasteiger partial charge in [-0.05, 0) is 57.4 Å². The van der Waals surface area contributed by atoms with E-state index in [0.717, 1.165) is 58.4 Å². The number of amides is 3. The number of nitrogens with zero attached hydrogens (tertiary/aromatic N) is 3. The highest BCUT2D eigenvalue weighted by molar-refractivity contribution is 5.84. The van der Waals surface area contributed by atoms with Gasteiger partial charge in [0.1, 0.15) is 0 Å². The van der Waals surface area contributed by atoms with E-state index in [0.29, 0.717) is 11.8 Å². The van der Waals surface area contributed by atoms with Crippen LogP contribution in [0, 0.1) is 16.7 Å². The second-order valence-electron chi connectivity index (χ2n) is 9.19. The lowest BCUT2D eigenvalue weighted by Crippen LogP contribution is -2.52. The molecule has 6 nitrogen and oxygen atoms in total. The van der Waals surface area contributed by atoms with Gasteiger partial charge in [-0.2, -0.15) is 0 Å². The van der Waals surface area contributed by atoms with E-state index in [2.05, 4.69) is 17.1 Å². The summed E-state index contributed by atoms with van der Waals surface area (Å²) in [6.45, 7) is 10.8. The molecule has 0 radical (unpaired) electrons. The molecule has 3 fully saturated rings. The quantitative estimate of drug-likeness (QED) is 0.833. The molecule has 2 saturated heterocycles. The highest BCUT2D eigenvalue weighted by Crippen LogP contribution is 2.62. The maximum absolute atomic E-state index is 13.2. The molecule has 6 heteroatoms. The number of hydrogen-bond acceptors (Lipinski definition) is 3. The van der Waals surface area contributed by atoms with Crippen LogP contribution in [-0.2, 0) is 4.79 Å². The van der Waals surface area contributed by atoms with Crippen LogP contribution in [0.4, 0.5) is 4.79 Å². The smallest absolute Gasteiger partial charge is 0.317 e. The normalized spacial score (nSPS) is 30.7. The average molecular weight is 365 g/mol. The van der Waals surface area contributed by atoms with Gasteiger partial charge in [-0.3, -0.25) is 4.79 Å². The van der Waals surface area contributed by atoms with Crippen molar-refractivity contribution in [2.75, 3.05) is 46.8 Å². The Morgan fingerprint density at radius 1 is 1.15 bits per heavy atom. The van der Waals surface area contributed by atoms with Gasteiger partial charge < -0.3 is 20.0 Å². The first-order valence-corrected chi connectivity index (χ1v) is 10.2. The predicted octanol–water partition coefficient (Wildman–Crippen LogP) is 2.01. The van der Waals surface area contributed by atoms with Gasteiger partial charge >= 0.3 is 6.03 Å². The van der Waals surface area contributed by atoms with Crippen LogP contribution >= 0.6 is 0 Å². The van der Waals surface area contributed by atoms with Crippen LogP contribution in [0.1, 0.15) is 46.5 Å². The molecule has 2 heterocycles. The number of urea groups is 1. The molecule has 1 saturated carbocycles. The molecule has 148 valence electrons. The minimum atomic E-state index is -0.206. The standard InChI is InChI=1S/C20H36N4O2/c1-6-23-13-16-19(7-8-20(16,14-23)17(25)22(4)5)9-11-24(12-10-19)18(26)21-15(2)3/h15-16H,6-14H2,1-5H3,(H,21,26)/t16-,20+/m1/s1. The van der Waals surface area contributed by atoms with Gasteiger partial charge in [0.15, 0.2) is 0 Å². The lowest BCUT2D eigenvalue weighted by atomic mass is 9.65. The first-order chi connectivity index (χ1) is 12.2. The fourth-order valence-corrected chi connectivity index (χ4v) is 5.79. The molecule has 1 N–H and O–H groups in total. The number of piperidine rings is 1. The summed E-state index contributed by atoms with van der Waals surface area (Å²) in [5, 5.41) is 3.01. The first-order valence-electron chi connectivity index (χ1n) is 10.2. The lowest BCUT2D eigenvalue weighted by Gasteiger charge is -2.44. The van der Waals surface area contributed by atoms with Crippen LogP contribution in [0.3, 0.4) is 0 Å². The first kappa shape index (κ1) is 19.5. The molecule has 0 aromatic heterocycles. The second-order valence-corrected chi connectivity index (χ2v) is 9.19. The Labute approximate surface area is 158 Å². The Bertz CT molecular complexity index is 554. The molecule has 0 unspecified atom stereocenters. The van der Waals surface area contributed by atoms with E-state index < -0.39 is 0 Å². The van der Waals surface area contributed by atoms with Crippen LogP contribution in [0.15, 0.2) is 0 Å². The van der Waals surface area contributed by atoms with Crippen molar-refractivity contribution in [1.82, 2.24) is 20.0 Å². The van der Waals surface area contributed by atoms with E-state index in [-0.39, 0.29) is 22.9 Å². The third-order valence-electron chi connectivity index (χ3n) is 7.16. The Kier molecular flexibility index (Phi) is 5.26. The minimum Gasteiger partial charge on any atom is -0.348 e. The van der Waals surface area contributed by atoms with Gasteiger partial charge in [-0.25, -0.2) is 4.79 Å². The molecule has 26 heavy (non-hydrogen) atoms. The van der Waals surface area contributed by atoms with E-state index >= 15 is 0 Å². The van der Waals surface area contributed by atoms with Gasteiger partial charge in [0, 0.05) is 46.3 Å². The second kappa shape index (κ2) is 7.02. The van der Waals surface area contributed by atoms with Gasteiger partial charge in [0.2, 0.25) is 5.91 Å². The Balaban J connectivity index is 1.76. The molecular weight excluding hydrogens is 328 g/mol. The topological polar surface area (TPSA) is 55.9 Å². The summed E-state index contributed by atoms with van der Waals surface area (Å²) in [5.74, 6) is 0.746. The number of fused-ring (bicyclic) bond motifs is 2. The SMILES string of the molecule is CCN1C[C@@H]2C3(CCN(C(=O)NC(C)C)CC3)CC[C@]2(C(=O)N(C)C)C1. The van der Waals surface area contributed by atoms with Gasteiger partial charge in [-0.15, -0.1) is 0 Å². The van der Waals surface area contributed by atoms with E-state index in [9.17, 15) is 9.59 Å². The van der Waals surface area contributed by atoms with E-state index in [1.54, 1.807) is 4.90 Å². The number of carbonyl (C=O) groups is 2. The summed E-state index contributed by atoms with van der Waals surface area (Å²) in [4.78, 5) is 31.7. The summed E-state index contributed by atoms with van der Waals surface area (Å²) in [5.41, 5.74) is 0.0199. The average Bonchev–Trinajstić information content (AvgIpc) is 3.11. The monoisotopic (exact) mass is 364 g/mol. The van der Waals surface area contributed by atoms with Crippen molar-refractivity contribution in [1.29, 1.82) is 0 Å². The number of hydrogen-bond donors (Lipinski definition) is 1. The van der Waals surface area contributed by atoms with Crippen molar-refractivity contribution in [3.8, 4) is 0 Å². The van der Waals surface area contributed by atoms with Crippen LogP contribution in [0.25, 0.3) is 0 Å². The highest BCUT2D eigenvalue weighted by Gasteiger charge is 2.64. The molecule has 0 aromatic rings. The molecule has 1 aliphatic carbocycles. The van der Waals surface area contributed by atoms with Gasteiger partial charge in [0.25, 0.3) is 0 Å². The highest BCUT2D eigenvalue weighted by atomic mass is 16.2. The van der Waals surface area contributed by atoms with Crippen molar-refractivity contribution < 1.29 is 9.59 Å². The van der Waals surface area contributed by atoms with Gasteiger partial charge in [0.05, 0.1) is 5.41 Å². The van der Waals surface area contributed by atoms with E-state index in [1.165, 1.54) is 0 Å². The van der Waals surface area contributed by atoms with Crippen LogP contribution < -0.4 is 5.32 Å². The Morgan fingerprint density at radius 2 is 1.81 bits per heavy atom. The number of nitrogens with one attached hydrogen (secondary N) is 1. The minimum absolute atomic E-state index is 0.0603. The molecule has 3 amide bonds. The fourth-order valence-electron chi connectivity index (χ4n) is 5.79. The zero-order valence-electron chi connectivity index (χ0n) is 17.2. The molecule has 3 aliphatic rings. The summed E-state index contributed by atoms with van der Waals surface area (Å²) >= 11 is 0. The predicted molar refractivity (Wildman–Crippen MR) is 103 cm³/mol. The largest absolute Gasteiger partial charge is 0.348 e. The number of rotatable bonds is 3. The van der Waals surface area contributed by atoms with Crippen LogP contribution in [-0.4, -0.2) is 79.5 Å². The van der Waals surface area contributed by atoms with Crippen molar-refractivity contribution >= 4 is 11.9 Å². The third kappa shape index (κ3) is 3.10. The zero-order chi connectivity index (χ0) is 19.1.